The van der Waals surface area contributed by atoms with Crippen LogP contribution >= 0.6 is 0 Å². The third-order valence-electron chi connectivity index (χ3n) is 1.36. The summed E-state index contributed by atoms with van der Waals surface area (Å²) in [5.74, 6) is 0. The van der Waals surface area contributed by atoms with Crippen LogP contribution in [0.15, 0.2) is 0 Å². The summed E-state index contributed by atoms with van der Waals surface area (Å²) in [6.45, 7) is -0.513. The van der Waals surface area contributed by atoms with E-state index in [0.717, 1.165) is 0 Å². The third kappa shape index (κ3) is 3.87. The van der Waals surface area contributed by atoms with Crippen LogP contribution in [0.3, 0.4) is 0 Å². The molecular formula is C5H12N2O6S. The van der Waals surface area contributed by atoms with Gasteiger partial charge in [0.2, 0.25) is 0 Å². The van der Waals surface area contributed by atoms with Crippen molar-refractivity contribution in [2.45, 2.75) is 6.29 Å². The topological polar surface area (TPSA) is 119 Å². The van der Waals surface area contributed by atoms with E-state index in [4.69, 9.17) is 5.11 Å². The molecule has 0 rings (SSSR count). The van der Waals surface area contributed by atoms with Crippen molar-refractivity contribution in [2.24, 2.45) is 5.14 Å². The average molecular weight is 228 g/mol. The number of hydrogen-bond acceptors (Lipinski definition) is 5. The summed E-state index contributed by atoms with van der Waals surface area (Å²) in [6.07, 6.45) is -2.67. The monoisotopic (exact) mass is 228 g/mol. The Labute approximate surface area is 81.4 Å². The van der Waals surface area contributed by atoms with Crippen molar-refractivity contribution in [2.75, 3.05) is 20.8 Å². The van der Waals surface area contributed by atoms with Crippen molar-refractivity contribution >= 4 is 16.3 Å². The van der Waals surface area contributed by atoms with E-state index in [1.54, 1.807) is 0 Å². The predicted molar refractivity (Wildman–Crippen MR) is 45.6 cm³/mol. The lowest BCUT2D eigenvalue weighted by molar-refractivity contribution is -0.106. The number of ether oxygens (including phenoxy) is 2. The molecule has 1 amide bonds. The van der Waals surface area contributed by atoms with E-state index in [9.17, 15) is 13.2 Å². The second-order valence-electron chi connectivity index (χ2n) is 2.26. The molecule has 0 saturated heterocycles. The molecule has 0 bridgehead atoms. The van der Waals surface area contributed by atoms with Gasteiger partial charge in [-0.2, -0.15) is 12.7 Å². The molecule has 0 aromatic rings. The number of nitrogens with zero attached hydrogens (tertiary/aromatic N) is 1. The summed E-state index contributed by atoms with van der Waals surface area (Å²) < 4.78 is 30.8. The van der Waals surface area contributed by atoms with Gasteiger partial charge in [-0.05, 0) is 0 Å². The first kappa shape index (κ1) is 13.1. The second-order valence-corrected chi connectivity index (χ2v) is 3.73. The SMILES string of the molecule is COC(CN(C(=O)O)S(N)(=O)=O)OC. The standard InChI is InChI=1S/C5H12N2O6S/c1-12-4(13-2)3-7(5(8)9)14(6,10)11/h4H,3H2,1-2H3,(H,8,9)(H2,6,10,11). The number of methoxy groups -OCH3 is 2. The highest BCUT2D eigenvalue weighted by molar-refractivity contribution is 7.87. The number of rotatable bonds is 5. The quantitative estimate of drug-likeness (QED) is 0.570. The van der Waals surface area contributed by atoms with Gasteiger partial charge in [0.1, 0.15) is 0 Å². The van der Waals surface area contributed by atoms with Crippen molar-refractivity contribution in [3.63, 3.8) is 0 Å². The Hall–Kier alpha value is -0.900. The third-order valence-corrected chi connectivity index (χ3v) is 2.28. The highest BCUT2D eigenvalue weighted by atomic mass is 32.2. The zero-order valence-electron chi connectivity index (χ0n) is 7.71. The van der Waals surface area contributed by atoms with Crippen LogP contribution in [-0.4, -0.2) is 51.0 Å². The van der Waals surface area contributed by atoms with E-state index in [1.807, 2.05) is 0 Å². The Bertz CT molecular complexity index is 285. The average Bonchev–Trinajstić information content (AvgIpc) is 2.03. The Balaban J connectivity index is 4.63. The van der Waals surface area contributed by atoms with Gasteiger partial charge < -0.3 is 14.6 Å². The van der Waals surface area contributed by atoms with Crippen LogP contribution < -0.4 is 5.14 Å². The van der Waals surface area contributed by atoms with Crippen LogP contribution in [-0.2, 0) is 19.7 Å². The minimum atomic E-state index is -4.31. The number of amides is 1. The molecule has 0 saturated carbocycles. The highest BCUT2D eigenvalue weighted by Crippen LogP contribution is 2.01. The van der Waals surface area contributed by atoms with Gasteiger partial charge >= 0.3 is 16.3 Å². The van der Waals surface area contributed by atoms with E-state index in [1.165, 1.54) is 14.2 Å². The summed E-state index contributed by atoms with van der Waals surface area (Å²) in [5, 5.41) is 13.1. The molecule has 0 aliphatic carbocycles. The van der Waals surface area contributed by atoms with E-state index < -0.39 is 29.1 Å². The lowest BCUT2D eigenvalue weighted by Gasteiger charge is -2.20. The van der Waals surface area contributed by atoms with Gasteiger partial charge in [-0.15, -0.1) is 0 Å². The van der Waals surface area contributed by atoms with Crippen LogP contribution in [0.1, 0.15) is 0 Å². The van der Waals surface area contributed by atoms with Gasteiger partial charge in [0, 0.05) is 14.2 Å². The van der Waals surface area contributed by atoms with E-state index in [0.29, 0.717) is 0 Å². The Morgan fingerprint density at radius 2 is 1.93 bits per heavy atom. The molecule has 0 atom stereocenters. The summed E-state index contributed by atoms with van der Waals surface area (Å²) in [5.41, 5.74) is 0. The number of hydrogen-bond donors (Lipinski definition) is 2. The van der Waals surface area contributed by atoms with Crippen molar-refractivity contribution in [3.8, 4) is 0 Å². The van der Waals surface area contributed by atoms with Gasteiger partial charge in [-0.1, -0.05) is 0 Å². The second kappa shape index (κ2) is 5.10. The van der Waals surface area contributed by atoms with Crippen LogP contribution in [0, 0.1) is 0 Å². The molecule has 0 spiro atoms. The fourth-order valence-electron chi connectivity index (χ4n) is 0.672. The minimum Gasteiger partial charge on any atom is -0.464 e. The molecular weight excluding hydrogens is 216 g/mol. The zero-order chi connectivity index (χ0) is 11.4. The summed E-state index contributed by atoms with van der Waals surface area (Å²) in [6, 6.07) is 0. The predicted octanol–water partition coefficient (Wildman–Crippen LogP) is -1.21. The smallest absolute Gasteiger partial charge is 0.422 e. The van der Waals surface area contributed by atoms with Crippen molar-refractivity contribution < 1.29 is 27.8 Å². The highest BCUT2D eigenvalue weighted by Gasteiger charge is 2.26. The Morgan fingerprint density at radius 3 is 2.14 bits per heavy atom. The lowest BCUT2D eigenvalue weighted by Crippen LogP contribution is -2.45. The Kier molecular flexibility index (Phi) is 4.77. The van der Waals surface area contributed by atoms with E-state index >= 15 is 0 Å². The summed E-state index contributed by atoms with van der Waals surface area (Å²) in [7, 11) is -1.81. The molecule has 0 radical (unpaired) electrons. The number of carboxylic acid groups (broad SMARTS) is 1. The zero-order valence-corrected chi connectivity index (χ0v) is 8.52. The molecule has 84 valence electrons. The van der Waals surface area contributed by atoms with Gasteiger partial charge in [-0.3, -0.25) is 0 Å². The molecule has 0 aromatic heterocycles. The molecule has 0 heterocycles. The maximum absolute atomic E-state index is 10.8. The lowest BCUT2D eigenvalue weighted by atomic mass is 10.6. The number of carbonyl (C=O) groups is 1. The first-order valence-corrected chi connectivity index (χ1v) is 4.92. The fourth-order valence-corrected chi connectivity index (χ4v) is 1.22. The van der Waals surface area contributed by atoms with Crippen LogP contribution in [0.5, 0.6) is 0 Å². The van der Waals surface area contributed by atoms with Gasteiger partial charge in [0.25, 0.3) is 0 Å². The van der Waals surface area contributed by atoms with Gasteiger partial charge in [0.05, 0.1) is 6.54 Å². The van der Waals surface area contributed by atoms with Crippen molar-refractivity contribution in [3.05, 3.63) is 0 Å². The Morgan fingerprint density at radius 1 is 1.50 bits per heavy atom. The maximum atomic E-state index is 10.8. The van der Waals surface area contributed by atoms with E-state index in [-0.39, 0.29) is 4.31 Å². The van der Waals surface area contributed by atoms with Crippen molar-refractivity contribution in [1.82, 2.24) is 4.31 Å². The van der Waals surface area contributed by atoms with Crippen molar-refractivity contribution in [1.29, 1.82) is 0 Å². The minimum absolute atomic E-state index is 0.0324. The van der Waals surface area contributed by atoms with Crippen LogP contribution in [0.2, 0.25) is 0 Å². The molecule has 0 unspecified atom stereocenters. The first-order chi connectivity index (χ1) is 6.32. The van der Waals surface area contributed by atoms with E-state index in [2.05, 4.69) is 14.6 Å². The molecule has 0 fully saturated rings. The summed E-state index contributed by atoms with van der Waals surface area (Å²) >= 11 is 0. The number of nitrogens with two attached hydrogens (primary N) is 1. The molecule has 8 nitrogen and oxygen atoms in total. The molecule has 3 N–H and O–H groups in total. The van der Waals surface area contributed by atoms with Crippen LogP contribution in [0.4, 0.5) is 4.79 Å². The summed E-state index contributed by atoms with van der Waals surface area (Å²) in [4.78, 5) is 10.5. The van der Waals surface area contributed by atoms with Gasteiger partial charge in [0.15, 0.2) is 6.29 Å². The largest absolute Gasteiger partial charge is 0.464 e. The molecule has 0 aliphatic rings. The molecule has 9 heteroatoms. The molecule has 14 heavy (non-hydrogen) atoms. The maximum Gasteiger partial charge on any atom is 0.422 e. The molecule has 0 aliphatic heterocycles. The fraction of sp³-hybridized carbons (Fsp3) is 0.800. The van der Waals surface area contributed by atoms with Crippen LogP contribution in [0.25, 0.3) is 0 Å². The normalized spacial score (nSPS) is 11.7. The molecule has 0 aromatic carbocycles. The first-order valence-electron chi connectivity index (χ1n) is 3.42. The van der Waals surface area contributed by atoms with Gasteiger partial charge in [-0.25, -0.2) is 9.93 Å².